The van der Waals surface area contributed by atoms with E-state index in [0.717, 1.165) is 19.0 Å². The highest BCUT2D eigenvalue weighted by molar-refractivity contribution is 4.90. The van der Waals surface area contributed by atoms with Crippen LogP contribution in [0.2, 0.25) is 0 Å². The van der Waals surface area contributed by atoms with Gasteiger partial charge in [0.15, 0.2) is 0 Å². The van der Waals surface area contributed by atoms with Crippen molar-refractivity contribution in [2.75, 3.05) is 19.6 Å². The van der Waals surface area contributed by atoms with Gasteiger partial charge < -0.3 is 15.3 Å². The lowest BCUT2D eigenvalue weighted by atomic mass is 9.96. The van der Waals surface area contributed by atoms with Gasteiger partial charge in [-0.25, -0.2) is 0 Å². The normalized spacial score (nSPS) is 42.9. The van der Waals surface area contributed by atoms with Crippen molar-refractivity contribution < 1.29 is 5.11 Å². The van der Waals surface area contributed by atoms with Crippen LogP contribution in [-0.4, -0.2) is 47.8 Å². The molecule has 3 fully saturated rings. The molecule has 1 saturated carbocycles. The fourth-order valence-electron chi connectivity index (χ4n) is 3.98. The smallest absolute Gasteiger partial charge is 0.0580 e. The molecule has 98 valence electrons. The van der Waals surface area contributed by atoms with Crippen molar-refractivity contribution in [3.8, 4) is 0 Å². The van der Waals surface area contributed by atoms with Crippen molar-refractivity contribution in [3.05, 3.63) is 0 Å². The predicted octanol–water partition coefficient (Wildman–Crippen LogP) is 1.36. The number of rotatable bonds is 3. The second-order valence-corrected chi connectivity index (χ2v) is 6.22. The molecule has 0 radical (unpaired) electrons. The summed E-state index contributed by atoms with van der Waals surface area (Å²) in [5.41, 5.74) is 0. The molecule has 4 unspecified atom stereocenters. The number of hydrogen-bond donors (Lipinski definition) is 2. The highest BCUT2D eigenvalue weighted by Crippen LogP contribution is 2.28. The van der Waals surface area contributed by atoms with E-state index < -0.39 is 0 Å². The third-order valence-electron chi connectivity index (χ3n) is 5.11. The van der Waals surface area contributed by atoms with Crippen LogP contribution in [-0.2, 0) is 0 Å². The van der Waals surface area contributed by atoms with E-state index in [4.69, 9.17) is 0 Å². The Labute approximate surface area is 105 Å². The van der Waals surface area contributed by atoms with Gasteiger partial charge in [-0.3, -0.25) is 0 Å². The number of fused-ring (bicyclic) bond motifs is 1. The average Bonchev–Trinajstić information content (AvgIpc) is 2.94. The maximum absolute atomic E-state index is 9.82. The summed E-state index contributed by atoms with van der Waals surface area (Å²) < 4.78 is 0. The minimum absolute atomic E-state index is 0.0333. The lowest BCUT2D eigenvalue weighted by molar-refractivity contribution is 0.121. The van der Waals surface area contributed by atoms with Crippen molar-refractivity contribution in [2.45, 2.75) is 63.1 Å². The first-order chi connectivity index (χ1) is 8.33. The molecule has 4 atom stereocenters. The molecule has 0 amide bonds. The second kappa shape index (κ2) is 5.25. The molecular formula is C14H26N2O. The van der Waals surface area contributed by atoms with E-state index >= 15 is 0 Å². The fraction of sp³-hybridized carbons (Fsp3) is 1.00. The average molecular weight is 238 g/mol. The number of nitrogens with one attached hydrogen (secondary N) is 1. The Balaban J connectivity index is 1.43. The van der Waals surface area contributed by atoms with Crippen molar-refractivity contribution >= 4 is 0 Å². The summed E-state index contributed by atoms with van der Waals surface area (Å²) in [4.78, 5) is 2.67. The van der Waals surface area contributed by atoms with Crippen LogP contribution in [0.5, 0.6) is 0 Å². The first-order valence-electron chi connectivity index (χ1n) is 7.48. The molecule has 3 nitrogen and oxygen atoms in total. The van der Waals surface area contributed by atoms with E-state index in [0.29, 0.717) is 12.0 Å². The van der Waals surface area contributed by atoms with Crippen LogP contribution >= 0.6 is 0 Å². The molecule has 0 aromatic heterocycles. The highest BCUT2D eigenvalue weighted by atomic mass is 16.3. The Kier molecular flexibility index (Phi) is 3.69. The largest absolute Gasteiger partial charge is 0.393 e. The Morgan fingerprint density at radius 2 is 2.00 bits per heavy atom. The van der Waals surface area contributed by atoms with Crippen LogP contribution in [0.3, 0.4) is 0 Å². The molecule has 0 bridgehead atoms. The summed E-state index contributed by atoms with van der Waals surface area (Å²) in [6, 6.07) is 1.57. The summed E-state index contributed by atoms with van der Waals surface area (Å²) >= 11 is 0. The zero-order valence-electron chi connectivity index (χ0n) is 10.8. The van der Waals surface area contributed by atoms with E-state index in [9.17, 15) is 5.11 Å². The van der Waals surface area contributed by atoms with E-state index in [1.54, 1.807) is 0 Å². The van der Waals surface area contributed by atoms with Crippen molar-refractivity contribution in [1.29, 1.82) is 0 Å². The monoisotopic (exact) mass is 238 g/mol. The molecule has 2 aliphatic heterocycles. The molecule has 2 heterocycles. The van der Waals surface area contributed by atoms with Crippen LogP contribution in [0.4, 0.5) is 0 Å². The minimum Gasteiger partial charge on any atom is -0.393 e. The summed E-state index contributed by atoms with van der Waals surface area (Å²) in [7, 11) is 0. The molecule has 0 spiro atoms. The molecule has 3 rings (SSSR count). The van der Waals surface area contributed by atoms with Gasteiger partial charge in [-0.05, 0) is 57.5 Å². The molecule has 17 heavy (non-hydrogen) atoms. The molecule has 0 aromatic carbocycles. The van der Waals surface area contributed by atoms with E-state index in [2.05, 4.69) is 10.2 Å². The first kappa shape index (κ1) is 11.9. The molecule has 2 saturated heterocycles. The quantitative estimate of drug-likeness (QED) is 0.779. The summed E-state index contributed by atoms with van der Waals surface area (Å²) in [5.74, 6) is 0.525. The van der Waals surface area contributed by atoms with E-state index in [1.165, 1.54) is 51.6 Å². The van der Waals surface area contributed by atoms with Crippen molar-refractivity contribution in [1.82, 2.24) is 10.2 Å². The lowest BCUT2D eigenvalue weighted by Gasteiger charge is -2.35. The van der Waals surface area contributed by atoms with Gasteiger partial charge in [0.05, 0.1) is 6.10 Å². The van der Waals surface area contributed by atoms with Crippen LogP contribution < -0.4 is 5.32 Å². The fourth-order valence-corrected chi connectivity index (χ4v) is 3.98. The topological polar surface area (TPSA) is 35.5 Å². The van der Waals surface area contributed by atoms with Crippen LogP contribution in [0.15, 0.2) is 0 Å². The van der Waals surface area contributed by atoms with Gasteiger partial charge in [0.25, 0.3) is 0 Å². The van der Waals surface area contributed by atoms with Crippen LogP contribution in [0, 0.1) is 5.92 Å². The van der Waals surface area contributed by atoms with Gasteiger partial charge in [0.2, 0.25) is 0 Å². The number of nitrogens with zero attached hydrogens (tertiary/aromatic N) is 1. The van der Waals surface area contributed by atoms with Gasteiger partial charge in [-0.1, -0.05) is 6.42 Å². The zero-order valence-corrected chi connectivity index (χ0v) is 10.8. The predicted molar refractivity (Wildman–Crippen MR) is 69.0 cm³/mol. The second-order valence-electron chi connectivity index (χ2n) is 6.22. The maximum Gasteiger partial charge on any atom is 0.0580 e. The zero-order chi connectivity index (χ0) is 11.7. The Hall–Kier alpha value is -0.120. The van der Waals surface area contributed by atoms with E-state index in [1.807, 2.05) is 0 Å². The van der Waals surface area contributed by atoms with Gasteiger partial charge in [0, 0.05) is 18.6 Å². The van der Waals surface area contributed by atoms with Crippen molar-refractivity contribution in [3.63, 3.8) is 0 Å². The number of aliphatic hydroxyl groups is 1. The lowest BCUT2D eigenvalue weighted by Crippen LogP contribution is -2.47. The molecule has 2 N–H and O–H groups in total. The molecule has 3 aliphatic rings. The van der Waals surface area contributed by atoms with Gasteiger partial charge in [-0.15, -0.1) is 0 Å². The molecular weight excluding hydrogens is 212 g/mol. The summed E-state index contributed by atoms with van der Waals surface area (Å²) in [5, 5.41) is 13.5. The summed E-state index contributed by atoms with van der Waals surface area (Å²) in [6.07, 6.45) is 8.87. The summed E-state index contributed by atoms with van der Waals surface area (Å²) in [6.45, 7) is 3.66. The highest BCUT2D eigenvalue weighted by Gasteiger charge is 2.32. The van der Waals surface area contributed by atoms with Gasteiger partial charge in [-0.2, -0.15) is 0 Å². The molecule has 0 aromatic rings. The molecule has 1 aliphatic carbocycles. The Bertz CT molecular complexity index is 259. The van der Waals surface area contributed by atoms with Crippen molar-refractivity contribution in [2.24, 2.45) is 5.92 Å². The first-order valence-corrected chi connectivity index (χ1v) is 7.48. The third kappa shape index (κ3) is 2.67. The standard InChI is InChI=1S/C14H26N2O/c17-14-5-1-3-11(14)10-15-12-6-8-16-7-2-4-13(16)9-12/h11-15,17H,1-10H2. The number of hydrogen-bond acceptors (Lipinski definition) is 3. The number of aliphatic hydroxyl groups excluding tert-OH is 1. The molecule has 3 heteroatoms. The van der Waals surface area contributed by atoms with Crippen LogP contribution in [0.1, 0.15) is 44.9 Å². The van der Waals surface area contributed by atoms with Gasteiger partial charge >= 0.3 is 0 Å². The SMILES string of the molecule is OC1CCCC1CNC1CCN2CCCC2C1. The third-order valence-corrected chi connectivity index (χ3v) is 5.11. The Morgan fingerprint density at radius 1 is 1.06 bits per heavy atom. The van der Waals surface area contributed by atoms with Crippen LogP contribution in [0.25, 0.3) is 0 Å². The minimum atomic E-state index is -0.0333. The maximum atomic E-state index is 9.82. The number of piperidine rings is 1. The Morgan fingerprint density at radius 3 is 2.82 bits per heavy atom. The van der Waals surface area contributed by atoms with Gasteiger partial charge in [0.1, 0.15) is 0 Å². The van der Waals surface area contributed by atoms with E-state index in [-0.39, 0.29) is 6.10 Å².